The second-order valence-corrected chi connectivity index (χ2v) is 7.79. The summed E-state index contributed by atoms with van der Waals surface area (Å²) in [6.45, 7) is 6.96. The van der Waals surface area contributed by atoms with Crippen molar-refractivity contribution in [1.82, 2.24) is 14.7 Å². The highest BCUT2D eigenvalue weighted by molar-refractivity contribution is 7.99. The van der Waals surface area contributed by atoms with E-state index in [0.717, 1.165) is 57.1 Å². The number of halogens is 2. The first-order chi connectivity index (χ1) is 9.98. The molecule has 5 nitrogen and oxygen atoms in total. The Bertz CT molecular complexity index is 367. The zero-order chi connectivity index (χ0) is 15.5. The summed E-state index contributed by atoms with van der Waals surface area (Å²) in [5.74, 6) is 1.89. The molecule has 0 aromatic heterocycles. The van der Waals surface area contributed by atoms with Gasteiger partial charge in [0.1, 0.15) is 0 Å². The molecule has 1 atom stereocenters. The molecule has 2 fully saturated rings. The third-order valence-corrected chi connectivity index (χ3v) is 6.05. The van der Waals surface area contributed by atoms with Crippen molar-refractivity contribution in [2.75, 3.05) is 58.3 Å². The summed E-state index contributed by atoms with van der Waals surface area (Å²) in [6, 6.07) is -0.346. The van der Waals surface area contributed by atoms with Gasteiger partial charge in [0, 0.05) is 30.9 Å². The summed E-state index contributed by atoms with van der Waals surface area (Å²) in [4.78, 5) is 19.4. The Kier molecular flexibility index (Phi) is 10.4. The highest BCUT2D eigenvalue weighted by Gasteiger charge is 2.43. The van der Waals surface area contributed by atoms with Crippen molar-refractivity contribution >= 4 is 42.5 Å². The lowest BCUT2D eigenvalue weighted by molar-refractivity contribution is -0.138. The van der Waals surface area contributed by atoms with E-state index in [1.807, 2.05) is 4.90 Å². The lowest BCUT2D eigenvalue weighted by Crippen LogP contribution is -2.66. The van der Waals surface area contributed by atoms with Crippen LogP contribution in [0.15, 0.2) is 0 Å². The highest BCUT2D eigenvalue weighted by Crippen LogP contribution is 2.31. The third kappa shape index (κ3) is 5.65. The number of nitrogens with two attached hydrogens (primary N) is 1. The van der Waals surface area contributed by atoms with E-state index in [-0.39, 0.29) is 42.3 Å². The molecule has 2 saturated heterocycles. The van der Waals surface area contributed by atoms with Crippen molar-refractivity contribution in [3.63, 3.8) is 0 Å². The molecule has 0 bridgehead atoms. The summed E-state index contributed by atoms with van der Waals surface area (Å²) in [6.07, 6.45) is 2.28. The van der Waals surface area contributed by atoms with Crippen LogP contribution in [0, 0.1) is 0 Å². The van der Waals surface area contributed by atoms with Gasteiger partial charge in [-0.05, 0) is 45.8 Å². The number of amides is 1. The fraction of sp³-hybridized carbons (Fsp3) is 0.933. The number of nitrogens with zero attached hydrogens (tertiary/aromatic N) is 3. The third-order valence-electron chi connectivity index (χ3n) is 5.05. The monoisotopic (exact) mass is 386 g/mol. The molecule has 2 aliphatic heterocycles. The standard InChI is InChI=1S/C15H30N4OS.2ClH/c1-4-21-11-13(16)14(20)19-10-9-18(3)15(12-19)5-7-17(2)8-6-15;;/h13H,4-12,16H2,1-3H3;2*1H/t13-;;/m0../s1. The minimum absolute atomic E-state index is 0. The Balaban J connectivity index is 0.00000242. The van der Waals surface area contributed by atoms with E-state index >= 15 is 0 Å². The van der Waals surface area contributed by atoms with Crippen LogP contribution in [0.4, 0.5) is 0 Å². The van der Waals surface area contributed by atoms with Crippen LogP contribution in [0.1, 0.15) is 19.8 Å². The van der Waals surface area contributed by atoms with Crippen LogP contribution >= 0.6 is 36.6 Å². The van der Waals surface area contributed by atoms with E-state index in [2.05, 4.69) is 30.8 Å². The largest absolute Gasteiger partial charge is 0.338 e. The molecule has 0 aliphatic carbocycles. The molecular weight excluding hydrogens is 355 g/mol. The average molecular weight is 387 g/mol. The van der Waals surface area contributed by atoms with Gasteiger partial charge < -0.3 is 15.5 Å². The van der Waals surface area contributed by atoms with Crippen LogP contribution in [0.2, 0.25) is 0 Å². The number of rotatable bonds is 4. The fourth-order valence-electron chi connectivity index (χ4n) is 3.38. The van der Waals surface area contributed by atoms with Gasteiger partial charge in [0.25, 0.3) is 0 Å². The fourth-order valence-corrected chi connectivity index (χ4v) is 4.01. The van der Waals surface area contributed by atoms with E-state index in [9.17, 15) is 4.79 Å². The van der Waals surface area contributed by atoms with Crippen LogP contribution in [-0.2, 0) is 4.79 Å². The summed E-state index contributed by atoms with van der Waals surface area (Å²) in [5.41, 5.74) is 6.24. The first kappa shape index (κ1) is 23.3. The molecule has 2 rings (SSSR count). The van der Waals surface area contributed by atoms with Gasteiger partial charge in [-0.3, -0.25) is 9.69 Å². The lowest BCUT2D eigenvalue weighted by atomic mass is 9.83. The van der Waals surface area contributed by atoms with Crippen LogP contribution in [0.3, 0.4) is 0 Å². The number of carbonyl (C=O) groups is 1. The number of carbonyl (C=O) groups excluding carboxylic acids is 1. The average Bonchev–Trinajstić information content (AvgIpc) is 2.49. The van der Waals surface area contributed by atoms with Crippen molar-refractivity contribution in [3.8, 4) is 0 Å². The molecular formula is C15H32Cl2N4OS. The second kappa shape index (κ2) is 10.3. The summed E-state index contributed by atoms with van der Waals surface area (Å²) < 4.78 is 0. The molecule has 0 radical (unpaired) electrons. The zero-order valence-corrected chi connectivity index (χ0v) is 16.9. The molecule has 8 heteroatoms. The van der Waals surface area contributed by atoms with E-state index in [1.54, 1.807) is 11.8 Å². The molecule has 2 N–H and O–H groups in total. The number of thioether (sulfide) groups is 1. The normalized spacial score (nSPS) is 23.0. The van der Waals surface area contributed by atoms with E-state index in [1.165, 1.54) is 0 Å². The van der Waals surface area contributed by atoms with Gasteiger partial charge in [0.2, 0.25) is 5.91 Å². The van der Waals surface area contributed by atoms with Gasteiger partial charge in [-0.1, -0.05) is 6.92 Å². The highest BCUT2D eigenvalue weighted by atomic mass is 35.5. The molecule has 0 saturated carbocycles. The molecule has 23 heavy (non-hydrogen) atoms. The Morgan fingerprint density at radius 1 is 1.17 bits per heavy atom. The van der Waals surface area contributed by atoms with Crippen molar-refractivity contribution in [3.05, 3.63) is 0 Å². The predicted octanol–water partition coefficient (Wildman–Crippen LogP) is 1.15. The van der Waals surface area contributed by atoms with Crippen LogP contribution < -0.4 is 5.73 Å². The number of piperidine rings is 1. The van der Waals surface area contributed by atoms with E-state index < -0.39 is 0 Å². The van der Waals surface area contributed by atoms with Gasteiger partial charge in [-0.25, -0.2) is 0 Å². The van der Waals surface area contributed by atoms with Crippen LogP contribution in [0.25, 0.3) is 0 Å². The zero-order valence-electron chi connectivity index (χ0n) is 14.5. The van der Waals surface area contributed by atoms with Gasteiger partial charge in [-0.2, -0.15) is 11.8 Å². The SMILES string of the molecule is CCSC[C@H](N)C(=O)N1CCN(C)C2(CCN(C)CC2)C1.Cl.Cl. The van der Waals surface area contributed by atoms with Crippen molar-refractivity contribution < 1.29 is 4.79 Å². The number of likely N-dealkylation sites (tertiary alicyclic amines) is 1. The first-order valence-electron chi connectivity index (χ1n) is 8.00. The number of hydrogen-bond donors (Lipinski definition) is 1. The molecule has 2 aliphatic rings. The quantitative estimate of drug-likeness (QED) is 0.784. The molecule has 1 amide bonds. The smallest absolute Gasteiger partial charge is 0.240 e. The maximum absolute atomic E-state index is 12.6. The van der Waals surface area contributed by atoms with E-state index in [4.69, 9.17) is 5.73 Å². The van der Waals surface area contributed by atoms with Gasteiger partial charge >= 0.3 is 0 Å². The van der Waals surface area contributed by atoms with Gasteiger partial charge in [-0.15, -0.1) is 24.8 Å². The summed E-state index contributed by atoms with van der Waals surface area (Å²) in [7, 11) is 4.39. The van der Waals surface area contributed by atoms with Gasteiger partial charge in [0.05, 0.1) is 6.04 Å². The Labute approximate surface area is 157 Å². The maximum atomic E-state index is 12.6. The minimum atomic E-state index is -0.346. The number of hydrogen-bond acceptors (Lipinski definition) is 5. The van der Waals surface area contributed by atoms with Crippen LogP contribution in [-0.4, -0.2) is 90.5 Å². The predicted molar refractivity (Wildman–Crippen MR) is 104 cm³/mol. The molecule has 0 aromatic carbocycles. The lowest BCUT2D eigenvalue weighted by Gasteiger charge is -2.53. The van der Waals surface area contributed by atoms with Gasteiger partial charge in [0.15, 0.2) is 0 Å². The molecule has 2 heterocycles. The Morgan fingerprint density at radius 2 is 1.78 bits per heavy atom. The first-order valence-corrected chi connectivity index (χ1v) is 9.16. The molecule has 1 spiro atoms. The Hall–Kier alpha value is 0.280. The van der Waals surface area contributed by atoms with Crippen LogP contribution in [0.5, 0.6) is 0 Å². The number of likely N-dealkylation sites (N-methyl/N-ethyl adjacent to an activating group) is 1. The number of piperazine rings is 1. The summed E-state index contributed by atoms with van der Waals surface area (Å²) >= 11 is 1.75. The minimum Gasteiger partial charge on any atom is -0.338 e. The van der Waals surface area contributed by atoms with Crippen molar-refractivity contribution in [2.24, 2.45) is 5.73 Å². The second-order valence-electron chi connectivity index (χ2n) is 6.47. The maximum Gasteiger partial charge on any atom is 0.240 e. The van der Waals surface area contributed by atoms with E-state index in [0.29, 0.717) is 0 Å². The topological polar surface area (TPSA) is 52.8 Å². The summed E-state index contributed by atoms with van der Waals surface area (Å²) in [5, 5.41) is 0. The molecule has 0 aromatic rings. The molecule has 138 valence electrons. The van der Waals surface area contributed by atoms with Crippen molar-refractivity contribution in [1.29, 1.82) is 0 Å². The molecule has 0 unspecified atom stereocenters. The Morgan fingerprint density at radius 3 is 2.35 bits per heavy atom. The van der Waals surface area contributed by atoms with Crippen molar-refractivity contribution in [2.45, 2.75) is 31.3 Å².